The number of aliphatic hydroxyl groups is 1. The molecule has 12 nitrogen and oxygen atoms in total. The number of benzene rings is 3. The summed E-state index contributed by atoms with van der Waals surface area (Å²) in [6, 6.07) is 22.7. The molecule has 13 heteroatoms. The first-order valence-electron chi connectivity index (χ1n) is 17.4. The molecular weight excluding hydrogens is 673 g/mol. The Morgan fingerprint density at radius 2 is 1.75 bits per heavy atom. The molecule has 0 aromatic heterocycles. The molecule has 2 saturated heterocycles. The smallest absolute Gasteiger partial charge is 0.407 e. The van der Waals surface area contributed by atoms with Crippen LogP contribution in [0.2, 0.25) is 0 Å². The molecule has 3 heterocycles. The number of rotatable bonds is 14. The van der Waals surface area contributed by atoms with E-state index >= 15 is 0 Å². The van der Waals surface area contributed by atoms with E-state index < -0.39 is 46.6 Å². The Labute approximate surface area is 299 Å². The van der Waals surface area contributed by atoms with Crippen LogP contribution in [0.1, 0.15) is 49.8 Å². The van der Waals surface area contributed by atoms with Gasteiger partial charge in [-0.15, -0.1) is 0 Å². The van der Waals surface area contributed by atoms with E-state index in [1.54, 1.807) is 13.0 Å². The third kappa shape index (κ3) is 8.67. The number of nitrogens with one attached hydrogen (secondary N) is 2. The fraction of sp³-hybridized carbons (Fsp3) is 0.447. The predicted molar refractivity (Wildman–Crippen MR) is 192 cm³/mol. The highest BCUT2D eigenvalue weighted by Crippen LogP contribution is 2.36. The van der Waals surface area contributed by atoms with E-state index in [-0.39, 0.29) is 48.8 Å². The normalized spacial score (nSPS) is 22.8. The Hall–Kier alpha value is -4.14. The van der Waals surface area contributed by atoms with Gasteiger partial charge in [-0.3, -0.25) is 9.79 Å². The highest BCUT2D eigenvalue weighted by atomic mass is 32.2. The summed E-state index contributed by atoms with van der Waals surface area (Å²) in [6.45, 7) is 6.52. The first kappa shape index (κ1) is 36.6. The fourth-order valence-electron chi connectivity index (χ4n) is 6.89. The minimum absolute atomic E-state index is 0.00647. The van der Waals surface area contributed by atoms with Gasteiger partial charge in [0.2, 0.25) is 15.9 Å². The number of nitrogens with zero attached hydrogens (tertiary/aromatic N) is 2. The first-order chi connectivity index (χ1) is 24.5. The molecule has 6 atom stereocenters. The van der Waals surface area contributed by atoms with E-state index in [2.05, 4.69) is 15.6 Å². The van der Waals surface area contributed by atoms with Gasteiger partial charge in [-0.05, 0) is 60.6 Å². The zero-order chi connectivity index (χ0) is 36.1. The first-order valence-corrected chi connectivity index (χ1v) is 18.9. The third-order valence-corrected chi connectivity index (χ3v) is 11.4. The zero-order valence-electron chi connectivity index (χ0n) is 29.1. The van der Waals surface area contributed by atoms with Gasteiger partial charge in [-0.1, -0.05) is 74.5 Å². The summed E-state index contributed by atoms with van der Waals surface area (Å²) in [5.74, 6) is -1.16. The summed E-state index contributed by atoms with van der Waals surface area (Å²) in [6.07, 6.45) is -1.95. The van der Waals surface area contributed by atoms with Crippen LogP contribution in [0.5, 0.6) is 0 Å². The summed E-state index contributed by atoms with van der Waals surface area (Å²) in [7, 11) is -4.18. The Kier molecular flexibility index (Phi) is 11.5. The molecule has 0 saturated carbocycles. The summed E-state index contributed by atoms with van der Waals surface area (Å²) in [4.78, 5) is 31.0. The van der Waals surface area contributed by atoms with E-state index in [1.807, 2.05) is 74.5 Å². The van der Waals surface area contributed by atoms with Gasteiger partial charge >= 0.3 is 6.09 Å². The maximum atomic E-state index is 14.4. The molecule has 51 heavy (non-hydrogen) atoms. The van der Waals surface area contributed by atoms with Gasteiger partial charge in [0.05, 0.1) is 42.7 Å². The summed E-state index contributed by atoms with van der Waals surface area (Å²) < 4.78 is 46.8. The van der Waals surface area contributed by atoms with E-state index in [0.29, 0.717) is 36.5 Å². The van der Waals surface area contributed by atoms with Crippen LogP contribution in [0.4, 0.5) is 10.5 Å². The number of aliphatic imine (C=N–C) groups is 1. The molecule has 6 rings (SSSR count). The van der Waals surface area contributed by atoms with Gasteiger partial charge in [-0.2, -0.15) is 4.31 Å². The standard InChI is InChI=1S/C38H46N4O8S/c1-24(2)21-42(22-33(43)32(18-26-10-6-4-7-11-26)41-38(45)50-34-23-49-37-29(34)16-17-48-37)51(46,47)28-14-15-31-30(19-28)35(36(44)40-31)25(3)39-20-27-12-8-5-9-13-27/h4-15,19,24,29,32-35,37,43H,16-18,20-23H2,1-3H3,(H,40,44)(H,41,45). The largest absolute Gasteiger partial charge is 0.443 e. The molecule has 0 spiro atoms. The van der Waals surface area contributed by atoms with Crippen LogP contribution in [0.25, 0.3) is 0 Å². The zero-order valence-corrected chi connectivity index (χ0v) is 29.9. The van der Waals surface area contributed by atoms with Crippen molar-refractivity contribution in [3.05, 3.63) is 95.6 Å². The molecule has 0 radical (unpaired) electrons. The van der Waals surface area contributed by atoms with E-state index in [9.17, 15) is 23.1 Å². The average molecular weight is 719 g/mol. The number of anilines is 1. The monoisotopic (exact) mass is 718 g/mol. The van der Waals surface area contributed by atoms with Crippen molar-refractivity contribution < 1.29 is 37.3 Å². The highest BCUT2D eigenvalue weighted by Gasteiger charge is 2.44. The van der Waals surface area contributed by atoms with Crippen LogP contribution < -0.4 is 10.6 Å². The number of aliphatic hydroxyl groups excluding tert-OH is 1. The minimum atomic E-state index is -4.18. The number of carbonyl (C=O) groups excluding carboxylic acids is 2. The summed E-state index contributed by atoms with van der Waals surface area (Å²) in [5.41, 5.74) is 3.47. The molecule has 2 fully saturated rings. The topological polar surface area (TPSA) is 156 Å². The second kappa shape index (κ2) is 16.0. The van der Waals surface area contributed by atoms with Crippen molar-refractivity contribution in [1.29, 1.82) is 0 Å². The van der Waals surface area contributed by atoms with E-state index in [1.165, 1.54) is 16.4 Å². The van der Waals surface area contributed by atoms with Gasteiger partial charge in [0, 0.05) is 24.5 Å². The Balaban J connectivity index is 1.22. The maximum Gasteiger partial charge on any atom is 0.407 e. The fourth-order valence-corrected chi connectivity index (χ4v) is 8.55. The number of alkyl carbamates (subject to hydrolysis) is 1. The number of hydrogen-bond acceptors (Lipinski definition) is 9. The van der Waals surface area contributed by atoms with Crippen molar-refractivity contribution in [2.75, 3.05) is 31.6 Å². The molecule has 0 aliphatic carbocycles. The van der Waals surface area contributed by atoms with Crippen LogP contribution in [-0.4, -0.2) is 86.4 Å². The maximum absolute atomic E-state index is 14.4. The van der Waals surface area contributed by atoms with Crippen LogP contribution in [-0.2, 0) is 42.0 Å². The molecule has 3 N–H and O–H groups in total. The van der Waals surface area contributed by atoms with Crippen molar-refractivity contribution in [3.63, 3.8) is 0 Å². The van der Waals surface area contributed by atoms with Gasteiger partial charge in [-0.25, -0.2) is 13.2 Å². The van der Waals surface area contributed by atoms with Crippen LogP contribution in [0.15, 0.2) is 88.8 Å². The van der Waals surface area contributed by atoms with Gasteiger partial charge in [0.15, 0.2) is 6.29 Å². The SMILES string of the molecule is CC(=NCc1ccccc1)C1C(=O)Nc2ccc(S(=O)(=O)N(CC(C)C)CC(O)C(Cc3ccccc3)NC(=O)OC3COC4OCCC34)cc21. The van der Waals surface area contributed by atoms with Gasteiger partial charge in [0.25, 0.3) is 0 Å². The predicted octanol–water partition coefficient (Wildman–Crippen LogP) is 4.49. The number of amides is 2. The lowest BCUT2D eigenvalue weighted by atomic mass is 9.96. The number of ether oxygens (including phenoxy) is 3. The Morgan fingerprint density at radius 1 is 1.04 bits per heavy atom. The molecular formula is C38H46N4O8S. The molecule has 0 bridgehead atoms. The van der Waals surface area contributed by atoms with E-state index in [0.717, 1.165) is 11.1 Å². The molecule has 3 aromatic carbocycles. The van der Waals surface area contributed by atoms with Gasteiger partial charge in [0.1, 0.15) is 12.0 Å². The van der Waals surface area contributed by atoms with Crippen molar-refractivity contribution in [3.8, 4) is 0 Å². The molecule has 3 aromatic rings. The lowest BCUT2D eigenvalue weighted by molar-refractivity contribution is -0.115. The molecule has 3 aliphatic rings. The second-order valence-electron chi connectivity index (χ2n) is 13.8. The minimum Gasteiger partial charge on any atom is -0.443 e. The Bertz CT molecular complexity index is 1820. The van der Waals surface area contributed by atoms with Crippen LogP contribution >= 0.6 is 0 Å². The molecule has 6 unspecified atom stereocenters. The average Bonchev–Trinajstić information content (AvgIpc) is 3.82. The molecule has 3 aliphatic heterocycles. The lowest BCUT2D eigenvalue weighted by Gasteiger charge is -2.31. The van der Waals surface area contributed by atoms with Crippen LogP contribution in [0.3, 0.4) is 0 Å². The number of sulfonamides is 1. The molecule has 2 amide bonds. The lowest BCUT2D eigenvalue weighted by Crippen LogP contribution is -2.51. The number of hydrogen-bond donors (Lipinski definition) is 3. The Morgan fingerprint density at radius 3 is 2.45 bits per heavy atom. The number of carbonyl (C=O) groups is 2. The van der Waals surface area contributed by atoms with Gasteiger partial charge < -0.3 is 30.0 Å². The van der Waals surface area contributed by atoms with Crippen LogP contribution in [0, 0.1) is 11.8 Å². The van der Waals surface area contributed by atoms with Crippen molar-refractivity contribution in [2.45, 2.75) is 75.5 Å². The summed E-state index contributed by atoms with van der Waals surface area (Å²) in [5, 5.41) is 17.4. The molecule has 272 valence electrons. The van der Waals surface area contributed by atoms with Crippen molar-refractivity contribution >= 4 is 33.4 Å². The van der Waals surface area contributed by atoms with E-state index in [4.69, 9.17) is 14.2 Å². The summed E-state index contributed by atoms with van der Waals surface area (Å²) >= 11 is 0. The highest BCUT2D eigenvalue weighted by molar-refractivity contribution is 7.89. The number of fused-ring (bicyclic) bond motifs is 2. The van der Waals surface area contributed by atoms with Crippen molar-refractivity contribution in [2.24, 2.45) is 16.8 Å². The second-order valence-corrected chi connectivity index (χ2v) is 15.7. The van der Waals surface area contributed by atoms with Crippen molar-refractivity contribution in [1.82, 2.24) is 9.62 Å². The third-order valence-electron chi connectivity index (χ3n) is 9.53. The quantitative estimate of drug-likeness (QED) is 0.206.